The first-order chi connectivity index (χ1) is 9.13. The van der Waals surface area contributed by atoms with E-state index in [1.807, 2.05) is 0 Å². The van der Waals surface area contributed by atoms with Crippen LogP contribution in [0.3, 0.4) is 0 Å². The number of aliphatic hydroxyl groups is 1. The van der Waals surface area contributed by atoms with Gasteiger partial charge in [-0.3, -0.25) is 4.79 Å². The highest BCUT2D eigenvalue weighted by atomic mass is 32.2. The Hall–Kier alpha value is -1.07. The molecule has 0 heterocycles. The number of aliphatic hydroxyl groups excluding tert-OH is 1. The Bertz CT molecular complexity index is 426. The maximum Gasteiger partial charge on any atom is 0.230 e. The number of carbonyl (C=O) groups excluding carboxylic acids is 1. The van der Waals surface area contributed by atoms with Crippen molar-refractivity contribution >= 4 is 17.7 Å². The molecule has 3 nitrogen and oxygen atoms in total. The van der Waals surface area contributed by atoms with Crippen molar-refractivity contribution in [3.8, 4) is 0 Å². The molecule has 1 amide bonds. The van der Waals surface area contributed by atoms with E-state index < -0.39 is 0 Å². The Labute approximate surface area is 116 Å². The number of halogens is 1. The third kappa shape index (κ3) is 3.94. The molecule has 2 rings (SSSR count). The van der Waals surface area contributed by atoms with Gasteiger partial charge in [0, 0.05) is 5.75 Å². The van der Waals surface area contributed by atoms with Gasteiger partial charge >= 0.3 is 0 Å². The Morgan fingerprint density at radius 2 is 2.05 bits per heavy atom. The molecule has 104 valence electrons. The summed E-state index contributed by atoms with van der Waals surface area (Å²) in [5, 5.41) is 12.2. The average Bonchev–Trinajstić information content (AvgIpc) is 2.36. The topological polar surface area (TPSA) is 49.3 Å². The summed E-state index contributed by atoms with van der Waals surface area (Å²) in [5.74, 6) is 0.751. The first-order valence-electron chi connectivity index (χ1n) is 6.38. The number of rotatable bonds is 6. The Morgan fingerprint density at radius 3 is 2.58 bits per heavy atom. The Balaban J connectivity index is 1.70. The van der Waals surface area contributed by atoms with Crippen molar-refractivity contribution in [1.82, 2.24) is 5.32 Å². The van der Waals surface area contributed by atoms with Crippen molar-refractivity contribution in [1.29, 1.82) is 0 Å². The van der Waals surface area contributed by atoms with E-state index in [9.17, 15) is 14.3 Å². The smallest absolute Gasteiger partial charge is 0.230 e. The lowest BCUT2D eigenvalue weighted by Gasteiger charge is -2.40. The molecule has 19 heavy (non-hydrogen) atoms. The van der Waals surface area contributed by atoms with E-state index in [1.54, 1.807) is 12.1 Å². The van der Waals surface area contributed by atoms with Crippen LogP contribution in [0.25, 0.3) is 0 Å². The van der Waals surface area contributed by atoms with E-state index in [0.29, 0.717) is 11.5 Å². The zero-order valence-electron chi connectivity index (χ0n) is 10.7. The molecule has 5 heteroatoms. The van der Waals surface area contributed by atoms with Crippen LogP contribution in [-0.2, 0) is 10.5 Å². The summed E-state index contributed by atoms with van der Waals surface area (Å²) in [6, 6.07) is 6.29. The molecule has 0 atom stereocenters. The van der Waals surface area contributed by atoms with E-state index in [-0.39, 0.29) is 23.9 Å². The number of hydrogen-bond acceptors (Lipinski definition) is 3. The van der Waals surface area contributed by atoms with Crippen LogP contribution in [0.5, 0.6) is 0 Å². The van der Waals surface area contributed by atoms with Crippen molar-refractivity contribution in [3.05, 3.63) is 35.6 Å². The summed E-state index contributed by atoms with van der Waals surface area (Å²) in [4.78, 5) is 11.8. The summed E-state index contributed by atoms with van der Waals surface area (Å²) in [5.41, 5.74) is 0.632. The van der Waals surface area contributed by atoms with Gasteiger partial charge < -0.3 is 10.4 Å². The fourth-order valence-corrected chi connectivity index (χ4v) is 2.89. The number of amides is 1. The zero-order chi connectivity index (χ0) is 13.7. The molecule has 0 bridgehead atoms. The molecule has 0 unspecified atom stereocenters. The van der Waals surface area contributed by atoms with Gasteiger partial charge in [0.05, 0.1) is 17.9 Å². The zero-order valence-corrected chi connectivity index (χ0v) is 11.5. The van der Waals surface area contributed by atoms with Gasteiger partial charge in [-0.25, -0.2) is 4.39 Å². The molecule has 2 N–H and O–H groups in total. The lowest BCUT2D eigenvalue weighted by atomic mass is 9.77. The van der Waals surface area contributed by atoms with Gasteiger partial charge in [-0.1, -0.05) is 12.1 Å². The fraction of sp³-hybridized carbons (Fsp3) is 0.500. The van der Waals surface area contributed by atoms with Crippen LogP contribution in [0, 0.1) is 5.82 Å². The average molecular weight is 283 g/mol. The first-order valence-corrected chi connectivity index (χ1v) is 7.53. The maximum absolute atomic E-state index is 12.7. The number of hydrogen-bond donors (Lipinski definition) is 2. The first kappa shape index (κ1) is 14.3. The van der Waals surface area contributed by atoms with E-state index in [1.165, 1.54) is 23.9 Å². The van der Waals surface area contributed by atoms with Crippen molar-refractivity contribution in [2.24, 2.45) is 0 Å². The highest BCUT2D eigenvalue weighted by molar-refractivity contribution is 7.99. The van der Waals surface area contributed by atoms with Crippen molar-refractivity contribution in [3.63, 3.8) is 0 Å². The second-order valence-electron chi connectivity index (χ2n) is 4.96. The maximum atomic E-state index is 12.7. The predicted molar refractivity (Wildman–Crippen MR) is 74.4 cm³/mol. The summed E-state index contributed by atoms with van der Waals surface area (Å²) in [6.07, 6.45) is 2.78. The van der Waals surface area contributed by atoms with Crippen LogP contribution in [-0.4, -0.2) is 28.9 Å². The summed E-state index contributed by atoms with van der Waals surface area (Å²) in [7, 11) is 0. The van der Waals surface area contributed by atoms with Crippen molar-refractivity contribution < 1.29 is 14.3 Å². The predicted octanol–water partition coefficient (Wildman–Crippen LogP) is 2.09. The van der Waals surface area contributed by atoms with Gasteiger partial charge in [0.25, 0.3) is 0 Å². The molecular formula is C14H18FNO2S. The highest BCUT2D eigenvalue weighted by Crippen LogP contribution is 2.31. The molecule has 0 aliphatic heterocycles. The molecule has 0 radical (unpaired) electrons. The van der Waals surface area contributed by atoms with E-state index in [0.717, 1.165) is 24.8 Å². The van der Waals surface area contributed by atoms with Crippen LogP contribution in [0.15, 0.2) is 24.3 Å². The quantitative estimate of drug-likeness (QED) is 0.840. The third-order valence-corrected chi connectivity index (χ3v) is 4.44. The van der Waals surface area contributed by atoms with Crippen molar-refractivity contribution in [2.75, 3.05) is 12.4 Å². The van der Waals surface area contributed by atoms with E-state index >= 15 is 0 Å². The van der Waals surface area contributed by atoms with Gasteiger partial charge in [0.2, 0.25) is 5.91 Å². The van der Waals surface area contributed by atoms with Crippen LogP contribution >= 0.6 is 11.8 Å². The molecule has 1 aliphatic carbocycles. The van der Waals surface area contributed by atoms with Crippen LogP contribution in [0.1, 0.15) is 24.8 Å². The summed E-state index contributed by atoms with van der Waals surface area (Å²) in [6.45, 7) is 0.0152. The van der Waals surface area contributed by atoms with Gasteiger partial charge in [0.15, 0.2) is 0 Å². The molecule has 0 aromatic heterocycles. The lowest BCUT2D eigenvalue weighted by molar-refractivity contribution is -0.122. The minimum atomic E-state index is -0.368. The standard InChI is InChI=1S/C14H18FNO2S/c15-12-4-2-11(3-5-12)8-19-9-13(18)16-14(10-17)6-1-7-14/h2-5,17H,1,6-10H2,(H,16,18). The van der Waals surface area contributed by atoms with E-state index in [4.69, 9.17) is 0 Å². The molecular weight excluding hydrogens is 265 g/mol. The van der Waals surface area contributed by atoms with Crippen molar-refractivity contribution in [2.45, 2.75) is 30.6 Å². The van der Waals surface area contributed by atoms with Gasteiger partial charge in [-0.15, -0.1) is 11.8 Å². The third-order valence-electron chi connectivity index (χ3n) is 3.43. The Morgan fingerprint density at radius 1 is 1.37 bits per heavy atom. The minimum Gasteiger partial charge on any atom is -0.394 e. The SMILES string of the molecule is O=C(CSCc1ccc(F)cc1)NC1(CO)CCC1. The van der Waals surface area contributed by atoms with E-state index in [2.05, 4.69) is 5.32 Å². The molecule has 0 spiro atoms. The summed E-state index contributed by atoms with van der Waals surface area (Å²) < 4.78 is 12.7. The number of benzene rings is 1. The largest absolute Gasteiger partial charge is 0.394 e. The molecule has 1 fully saturated rings. The molecule has 1 aliphatic rings. The van der Waals surface area contributed by atoms with Gasteiger partial charge in [0.1, 0.15) is 5.82 Å². The number of thioether (sulfide) groups is 1. The molecule has 0 saturated heterocycles. The summed E-state index contributed by atoms with van der Waals surface area (Å²) >= 11 is 1.49. The van der Waals surface area contributed by atoms with Crippen LogP contribution in [0.4, 0.5) is 4.39 Å². The second kappa shape index (κ2) is 6.39. The van der Waals surface area contributed by atoms with Gasteiger partial charge in [-0.2, -0.15) is 0 Å². The molecule has 1 aromatic carbocycles. The van der Waals surface area contributed by atoms with Crippen LogP contribution < -0.4 is 5.32 Å². The second-order valence-corrected chi connectivity index (χ2v) is 5.95. The fourth-order valence-electron chi connectivity index (χ4n) is 2.10. The monoisotopic (exact) mass is 283 g/mol. The minimum absolute atomic E-state index is 0.0152. The Kier molecular flexibility index (Phi) is 4.82. The highest BCUT2D eigenvalue weighted by Gasteiger charge is 2.37. The van der Waals surface area contributed by atoms with Gasteiger partial charge in [-0.05, 0) is 37.0 Å². The van der Waals surface area contributed by atoms with Crippen LogP contribution in [0.2, 0.25) is 0 Å². The normalized spacial score (nSPS) is 16.7. The lowest BCUT2D eigenvalue weighted by Crippen LogP contribution is -2.56. The molecule has 1 aromatic rings. The number of carbonyl (C=O) groups is 1. The number of nitrogens with one attached hydrogen (secondary N) is 1. The molecule has 1 saturated carbocycles.